The number of thiazole rings is 2. The molecule has 5 rings (SSSR count). The molecule has 0 unspecified atom stereocenters. The molecule has 1 N–H and O–H groups in total. The van der Waals surface area contributed by atoms with E-state index < -0.39 is 0 Å². The van der Waals surface area contributed by atoms with Crippen LogP contribution >= 0.6 is 22.7 Å². The lowest BCUT2D eigenvalue weighted by molar-refractivity contribution is 0.102. The van der Waals surface area contributed by atoms with Crippen molar-refractivity contribution in [2.75, 3.05) is 5.32 Å². The van der Waals surface area contributed by atoms with E-state index in [1.165, 1.54) is 0 Å². The second-order valence-electron chi connectivity index (χ2n) is 6.32. The molecule has 3 heterocycles. The highest BCUT2D eigenvalue weighted by Crippen LogP contribution is 2.33. The van der Waals surface area contributed by atoms with Gasteiger partial charge in [-0.25, -0.2) is 0 Å². The summed E-state index contributed by atoms with van der Waals surface area (Å²) >= 11 is 3.15. The number of nitrogens with one attached hydrogen (secondary N) is 1. The van der Waals surface area contributed by atoms with Gasteiger partial charge in [-0.05, 0) is 29.8 Å². The summed E-state index contributed by atoms with van der Waals surface area (Å²) in [5.41, 5.74) is 7.74. The van der Waals surface area contributed by atoms with Gasteiger partial charge in [0.05, 0.1) is 32.0 Å². The van der Waals surface area contributed by atoms with Crippen LogP contribution in [0.3, 0.4) is 0 Å². The number of hydrogen-bond acceptors (Lipinski definition) is 6. The Hall–Kier alpha value is -3.42. The fraction of sp³-hybridized carbons (Fsp3) is 0. The zero-order valence-corrected chi connectivity index (χ0v) is 16.7. The average Bonchev–Trinajstić information content (AvgIpc) is 3.48. The van der Waals surface area contributed by atoms with Crippen molar-refractivity contribution in [3.05, 3.63) is 83.7 Å². The standard InChI is InChI=1S/C22H14N4OS2/c27-22(15-6-4-14(5-7-15)19-10-23-12-28-19)26-18-3-1-2-17-16(8-9-25-21(17)18)20-11-24-13-29-20/h1-13H,(H,26,27). The van der Waals surface area contributed by atoms with Crippen LogP contribution in [0.15, 0.2) is 78.1 Å². The van der Waals surface area contributed by atoms with E-state index in [-0.39, 0.29) is 5.91 Å². The molecule has 0 fully saturated rings. The molecule has 0 aliphatic rings. The van der Waals surface area contributed by atoms with Crippen molar-refractivity contribution in [2.45, 2.75) is 0 Å². The van der Waals surface area contributed by atoms with E-state index in [1.807, 2.05) is 66.4 Å². The van der Waals surface area contributed by atoms with Gasteiger partial charge in [-0.2, -0.15) is 0 Å². The van der Waals surface area contributed by atoms with Crippen molar-refractivity contribution < 1.29 is 4.79 Å². The molecule has 140 valence electrons. The van der Waals surface area contributed by atoms with Crippen LogP contribution in [0.4, 0.5) is 5.69 Å². The Balaban J connectivity index is 1.46. The number of para-hydroxylation sites is 1. The topological polar surface area (TPSA) is 67.8 Å². The normalized spacial score (nSPS) is 10.9. The molecule has 29 heavy (non-hydrogen) atoms. The van der Waals surface area contributed by atoms with Gasteiger partial charge in [-0.1, -0.05) is 24.3 Å². The Morgan fingerprint density at radius 2 is 1.62 bits per heavy atom. The molecule has 0 aliphatic heterocycles. The minimum absolute atomic E-state index is 0.168. The van der Waals surface area contributed by atoms with Crippen LogP contribution < -0.4 is 5.32 Å². The quantitative estimate of drug-likeness (QED) is 0.407. The fourth-order valence-electron chi connectivity index (χ4n) is 3.18. The number of amides is 1. The predicted octanol–water partition coefficient (Wildman–Crippen LogP) is 5.73. The fourth-order valence-corrected chi connectivity index (χ4v) is 4.47. The highest BCUT2D eigenvalue weighted by molar-refractivity contribution is 7.13. The van der Waals surface area contributed by atoms with Gasteiger partial charge in [0.15, 0.2) is 0 Å². The smallest absolute Gasteiger partial charge is 0.255 e. The third-order valence-corrected chi connectivity index (χ3v) is 6.21. The first-order valence-corrected chi connectivity index (χ1v) is 10.6. The molecule has 5 nitrogen and oxygen atoms in total. The molecule has 7 heteroatoms. The van der Waals surface area contributed by atoms with Crippen LogP contribution in [-0.4, -0.2) is 20.9 Å². The Kier molecular flexibility index (Phi) is 4.59. The first-order chi connectivity index (χ1) is 14.3. The molecule has 2 aromatic carbocycles. The Morgan fingerprint density at radius 1 is 0.862 bits per heavy atom. The zero-order chi connectivity index (χ0) is 19.6. The molecule has 0 atom stereocenters. The number of rotatable bonds is 4. The monoisotopic (exact) mass is 414 g/mol. The molecule has 0 saturated heterocycles. The number of fused-ring (bicyclic) bond motifs is 1. The van der Waals surface area contributed by atoms with E-state index in [9.17, 15) is 4.79 Å². The van der Waals surface area contributed by atoms with E-state index in [2.05, 4.69) is 20.3 Å². The molecule has 1 amide bonds. The largest absolute Gasteiger partial charge is 0.320 e. The van der Waals surface area contributed by atoms with Gasteiger partial charge in [-0.15, -0.1) is 22.7 Å². The average molecular weight is 415 g/mol. The van der Waals surface area contributed by atoms with Gasteiger partial charge in [0.2, 0.25) is 0 Å². The van der Waals surface area contributed by atoms with E-state index in [0.29, 0.717) is 11.3 Å². The minimum Gasteiger partial charge on any atom is -0.320 e. The summed E-state index contributed by atoms with van der Waals surface area (Å²) in [5, 5.41) is 3.99. The Bertz CT molecular complexity index is 1280. The van der Waals surface area contributed by atoms with Crippen LogP contribution in [0.5, 0.6) is 0 Å². The van der Waals surface area contributed by atoms with Gasteiger partial charge < -0.3 is 5.32 Å². The van der Waals surface area contributed by atoms with Gasteiger partial charge in [0.1, 0.15) is 0 Å². The lowest BCUT2D eigenvalue weighted by Gasteiger charge is -2.10. The van der Waals surface area contributed by atoms with E-state index >= 15 is 0 Å². The van der Waals surface area contributed by atoms with Gasteiger partial charge in [0, 0.05) is 35.1 Å². The number of aromatic nitrogens is 3. The molecule has 0 bridgehead atoms. The minimum atomic E-state index is -0.168. The maximum Gasteiger partial charge on any atom is 0.255 e. The second kappa shape index (κ2) is 7.54. The maximum atomic E-state index is 12.8. The first-order valence-electron chi connectivity index (χ1n) is 8.86. The SMILES string of the molecule is O=C(Nc1cccc2c(-c3cncs3)ccnc12)c1ccc(-c2cncs2)cc1. The lowest BCUT2D eigenvalue weighted by atomic mass is 10.1. The van der Waals surface area contributed by atoms with E-state index in [1.54, 1.807) is 34.4 Å². The van der Waals surface area contributed by atoms with Crippen molar-refractivity contribution in [3.63, 3.8) is 0 Å². The van der Waals surface area contributed by atoms with Crippen molar-refractivity contribution in [2.24, 2.45) is 0 Å². The third-order valence-electron chi connectivity index (χ3n) is 4.58. The van der Waals surface area contributed by atoms with Gasteiger partial charge >= 0.3 is 0 Å². The highest BCUT2D eigenvalue weighted by atomic mass is 32.1. The van der Waals surface area contributed by atoms with E-state index in [0.717, 1.165) is 31.8 Å². The van der Waals surface area contributed by atoms with Gasteiger partial charge in [-0.3, -0.25) is 19.7 Å². The number of hydrogen-bond donors (Lipinski definition) is 1. The summed E-state index contributed by atoms with van der Waals surface area (Å²) in [6, 6.07) is 15.3. The Morgan fingerprint density at radius 3 is 2.34 bits per heavy atom. The number of carbonyl (C=O) groups is 1. The summed E-state index contributed by atoms with van der Waals surface area (Å²) in [6.45, 7) is 0. The first kappa shape index (κ1) is 17.7. The highest BCUT2D eigenvalue weighted by Gasteiger charge is 2.12. The zero-order valence-electron chi connectivity index (χ0n) is 15.1. The number of anilines is 1. The molecule has 0 spiro atoms. The van der Waals surface area contributed by atoms with Crippen molar-refractivity contribution in [1.82, 2.24) is 15.0 Å². The Labute approximate surface area is 174 Å². The number of benzene rings is 2. The molecule has 0 saturated carbocycles. The molecule has 5 aromatic rings. The molecular formula is C22H14N4OS2. The summed E-state index contributed by atoms with van der Waals surface area (Å²) in [6.07, 6.45) is 5.43. The summed E-state index contributed by atoms with van der Waals surface area (Å²) in [4.78, 5) is 27.7. The molecule has 3 aromatic heterocycles. The van der Waals surface area contributed by atoms with Crippen LogP contribution in [0.2, 0.25) is 0 Å². The predicted molar refractivity (Wildman–Crippen MR) is 118 cm³/mol. The van der Waals surface area contributed by atoms with Crippen LogP contribution in [0.1, 0.15) is 10.4 Å². The van der Waals surface area contributed by atoms with Crippen LogP contribution in [0, 0.1) is 0 Å². The third kappa shape index (κ3) is 3.41. The van der Waals surface area contributed by atoms with Crippen LogP contribution in [0.25, 0.3) is 31.8 Å². The molecule has 0 aliphatic carbocycles. The summed E-state index contributed by atoms with van der Waals surface area (Å²) < 4.78 is 0. The molecule has 0 radical (unpaired) electrons. The van der Waals surface area contributed by atoms with Crippen molar-refractivity contribution in [1.29, 1.82) is 0 Å². The van der Waals surface area contributed by atoms with Crippen molar-refractivity contribution in [3.8, 4) is 20.9 Å². The van der Waals surface area contributed by atoms with E-state index in [4.69, 9.17) is 0 Å². The summed E-state index contributed by atoms with van der Waals surface area (Å²) in [7, 11) is 0. The lowest BCUT2D eigenvalue weighted by Crippen LogP contribution is -2.12. The van der Waals surface area contributed by atoms with Crippen molar-refractivity contribution >= 4 is 45.2 Å². The number of nitrogens with zero attached hydrogens (tertiary/aromatic N) is 3. The number of carbonyl (C=O) groups excluding carboxylic acids is 1. The second-order valence-corrected chi connectivity index (χ2v) is 8.10. The summed E-state index contributed by atoms with van der Waals surface area (Å²) in [5.74, 6) is -0.168. The van der Waals surface area contributed by atoms with Crippen LogP contribution in [-0.2, 0) is 0 Å². The maximum absolute atomic E-state index is 12.8. The number of pyridine rings is 1. The van der Waals surface area contributed by atoms with Gasteiger partial charge in [0.25, 0.3) is 5.91 Å². The molecular weight excluding hydrogens is 400 g/mol.